The second-order valence-corrected chi connectivity index (χ2v) is 9.03. The number of aromatic nitrogens is 5. The number of carbonyl (C=O) groups is 1. The van der Waals surface area contributed by atoms with Crippen LogP contribution in [0.3, 0.4) is 0 Å². The standard InChI is InChI=1S/C29H29FN6O/c1-5-35-17-20(16-31-35)33-29(37)23-15-25-27(32-19(23)4)34-28(36(25)6-2)26(21-12-8-7-11-18(21)3)22-13-9-10-14-24(22)30/h7-17,26H,5-6H2,1-4H3,(H,33,37). The highest BCUT2D eigenvalue weighted by Gasteiger charge is 2.28. The number of rotatable bonds is 7. The first-order valence-electron chi connectivity index (χ1n) is 12.4. The molecule has 0 saturated heterocycles. The molecule has 8 heteroatoms. The summed E-state index contributed by atoms with van der Waals surface area (Å²) in [5.41, 5.74) is 5.46. The van der Waals surface area contributed by atoms with E-state index in [-0.39, 0.29) is 11.7 Å². The van der Waals surface area contributed by atoms with Crippen molar-refractivity contribution in [2.45, 2.75) is 46.7 Å². The van der Waals surface area contributed by atoms with E-state index in [1.807, 2.05) is 61.7 Å². The Bertz CT molecular complexity index is 1560. The van der Waals surface area contributed by atoms with Crippen molar-refractivity contribution in [3.63, 3.8) is 0 Å². The van der Waals surface area contributed by atoms with Crippen LogP contribution in [-0.2, 0) is 13.1 Å². The van der Waals surface area contributed by atoms with Crippen LogP contribution in [0.1, 0.15) is 58.3 Å². The lowest BCUT2D eigenvalue weighted by Gasteiger charge is -2.21. The van der Waals surface area contributed by atoms with E-state index in [1.54, 1.807) is 36.1 Å². The summed E-state index contributed by atoms with van der Waals surface area (Å²) in [6.07, 6.45) is 3.41. The summed E-state index contributed by atoms with van der Waals surface area (Å²) in [7, 11) is 0. The van der Waals surface area contributed by atoms with Crippen LogP contribution in [0.5, 0.6) is 0 Å². The number of pyridine rings is 1. The molecule has 1 unspecified atom stereocenters. The topological polar surface area (TPSA) is 77.6 Å². The molecule has 2 aromatic carbocycles. The average Bonchev–Trinajstić information content (AvgIpc) is 3.49. The van der Waals surface area contributed by atoms with E-state index in [4.69, 9.17) is 9.97 Å². The number of halogens is 1. The lowest BCUT2D eigenvalue weighted by molar-refractivity contribution is 0.102. The molecule has 0 spiro atoms. The van der Waals surface area contributed by atoms with Crippen LogP contribution >= 0.6 is 0 Å². The number of hydrogen-bond acceptors (Lipinski definition) is 4. The maximum atomic E-state index is 15.2. The lowest BCUT2D eigenvalue weighted by atomic mass is 9.87. The first-order valence-corrected chi connectivity index (χ1v) is 12.4. The fraction of sp³-hybridized carbons (Fsp3) is 0.241. The van der Waals surface area contributed by atoms with Crippen LogP contribution in [0.2, 0.25) is 0 Å². The SMILES string of the molecule is CCn1cc(NC(=O)c2cc3c(nc2C)nc(C(c2ccccc2C)c2ccccc2F)n3CC)cn1. The monoisotopic (exact) mass is 496 g/mol. The second-order valence-electron chi connectivity index (χ2n) is 9.03. The Kier molecular flexibility index (Phi) is 6.56. The Labute approximate surface area is 215 Å². The minimum absolute atomic E-state index is 0.266. The predicted octanol–water partition coefficient (Wildman–Crippen LogP) is 5.86. The van der Waals surface area contributed by atoms with Gasteiger partial charge in [-0.05, 0) is 51.0 Å². The van der Waals surface area contributed by atoms with Crippen molar-refractivity contribution in [1.82, 2.24) is 24.3 Å². The highest BCUT2D eigenvalue weighted by Crippen LogP contribution is 2.36. The van der Waals surface area contributed by atoms with E-state index < -0.39 is 5.92 Å². The highest BCUT2D eigenvalue weighted by atomic mass is 19.1. The molecule has 188 valence electrons. The van der Waals surface area contributed by atoms with Gasteiger partial charge >= 0.3 is 0 Å². The maximum Gasteiger partial charge on any atom is 0.257 e. The van der Waals surface area contributed by atoms with Gasteiger partial charge in [0.2, 0.25) is 0 Å². The summed E-state index contributed by atoms with van der Waals surface area (Å²) < 4.78 is 19.0. The van der Waals surface area contributed by atoms with Gasteiger partial charge < -0.3 is 9.88 Å². The largest absolute Gasteiger partial charge is 0.326 e. The first kappa shape index (κ1) is 24.4. The van der Waals surface area contributed by atoms with Gasteiger partial charge in [-0.25, -0.2) is 14.4 Å². The molecule has 0 aliphatic heterocycles. The normalized spacial score (nSPS) is 12.1. The Morgan fingerprint density at radius 2 is 1.73 bits per heavy atom. The zero-order valence-corrected chi connectivity index (χ0v) is 21.4. The van der Waals surface area contributed by atoms with Crippen LogP contribution < -0.4 is 5.32 Å². The number of aryl methyl sites for hydroxylation is 4. The fourth-order valence-corrected chi connectivity index (χ4v) is 4.80. The number of nitrogens with zero attached hydrogens (tertiary/aromatic N) is 5. The van der Waals surface area contributed by atoms with Gasteiger partial charge in [0, 0.05) is 24.8 Å². The molecule has 7 nitrogen and oxygen atoms in total. The number of anilines is 1. The van der Waals surface area contributed by atoms with Crippen LogP contribution in [0.25, 0.3) is 11.2 Å². The molecule has 1 atom stereocenters. The number of benzene rings is 2. The van der Waals surface area contributed by atoms with Crippen molar-refractivity contribution in [2.75, 3.05) is 5.32 Å². The Hall–Kier alpha value is -4.33. The van der Waals surface area contributed by atoms with Crippen molar-refractivity contribution in [3.8, 4) is 0 Å². The lowest BCUT2D eigenvalue weighted by Crippen LogP contribution is -2.15. The molecule has 5 aromatic rings. The van der Waals surface area contributed by atoms with Crippen molar-refractivity contribution in [2.24, 2.45) is 0 Å². The second kappa shape index (κ2) is 9.97. The van der Waals surface area contributed by atoms with E-state index in [0.29, 0.717) is 47.1 Å². The third-order valence-corrected chi connectivity index (χ3v) is 6.71. The summed E-state index contributed by atoms with van der Waals surface area (Å²) in [6.45, 7) is 9.11. The van der Waals surface area contributed by atoms with Gasteiger partial charge in [-0.15, -0.1) is 0 Å². The number of fused-ring (bicyclic) bond motifs is 1. The molecule has 5 rings (SSSR count). The van der Waals surface area contributed by atoms with E-state index >= 15 is 4.39 Å². The summed E-state index contributed by atoms with van der Waals surface area (Å²) in [5.74, 6) is -0.306. The van der Waals surface area contributed by atoms with Crippen molar-refractivity contribution < 1.29 is 9.18 Å². The van der Waals surface area contributed by atoms with E-state index in [0.717, 1.165) is 16.6 Å². The molecule has 3 heterocycles. The van der Waals surface area contributed by atoms with Crippen LogP contribution in [-0.4, -0.2) is 30.2 Å². The van der Waals surface area contributed by atoms with Crippen LogP contribution in [0.15, 0.2) is 67.0 Å². The van der Waals surface area contributed by atoms with Crippen molar-refractivity contribution >= 4 is 22.8 Å². The van der Waals surface area contributed by atoms with Gasteiger partial charge in [-0.3, -0.25) is 9.48 Å². The van der Waals surface area contributed by atoms with Gasteiger partial charge in [0.15, 0.2) is 5.65 Å². The quantitative estimate of drug-likeness (QED) is 0.306. The third kappa shape index (κ3) is 4.50. The Morgan fingerprint density at radius 3 is 2.41 bits per heavy atom. The van der Waals surface area contributed by atoms with Gasteiger partial charge in [-0.2, -0.15) is 5.10 Å². The molecule has 0 radical (unpaired) electrons. The number of amides is 1. The zero-order valence-electron chi connectivity index (χ0n) is 21.4. The predicted molar refractivity (Wildman–Crippen MR) is 142 cm³/mol. The van der Waals surface area contributed by atoms with E-state index in [2.05, 4.69) is 10.4 Å². The maximum absolute atomic E-state index is 15.2. The molecular weight excluding hydrogens is 467 g/mol. The molecule has 3 aromatic heterocycles. The fourth-order valence-electron chi connectivity index (χ4n) is 4.80. The summed E-state index contributed by atoms with van der Waals surface area (Å²) in [5, 5.41) is 7.13. The summed E-state index contributed by atoms with van der Waals surface area (Å²) in [6, 6.07) is 16.6. The number of imidazole rings is 1. The van der Waals surface area contributed by atoms with E-state index in [9.17, 15) is 4.79 Å². The molecule has 0 bridgehead atoms. The number of carbonyl (C=O) groups excluding carboxylic acids is 1. The van der Waals surface area contributed by atoms with E-state index in [1.165, 1.54) is 6.07 Å². The number of hydrogen-bond donors (Lipinski definition) is 1. The van der Waals surface area contributed by atoms with Gasteiger partial charge in [0.05, 0.1) is 34.6 Å². The smallest absolute Gasteiger partial charge is 0.257 e. The van der Waals surface area contributed by atoms with Crippen LogP contribution in [0, 0.1) is 19.7 Å². The molecule has 1 amide bonds. The zero-order chi connectivity index (χ0) is 26.1. The van der Waals surface area contributed by atoms with Crippen LogP contribution in [0.4, 0.5) is 10.1 Å². The highest BCUT2D eigenvalue weighted by molar-refractivity contribution is 6.06. The molecular formula is C29H29FN6O. The average molecular weight is 497 g/mol. The Balaban J connectivity index is 1.65. The molecule has 0 aliphatic rings. The number of nitrogens with one attached hydrogen (secondary N) is 1. The third-order valence-electron chi connectivity index (χ3n) is 6.71. The van der Waals surface area contributed by atoms with Gasteiger partial charge in [0.1, 0.15) is 11.6 Å². The first-order chi connectivity index (χ1) is 17.9. The molecule has 0 aliphatic carbocycles. The molecule has 0 saturated carbocycles. The Morgan fingerprint density at radius 1 is 1.00 bits per heavy atom. The summed E-state index contributed by atoms with van der Waals surface area (Å²) in [4.78, 5) is 22.8. The molecule has 1 N–H and O–H groups in total. The molecule has 37 heavy (non-hydrogen) atoms. The minimum atomic E-state index is -0.436. The molecule has 0 fully saturated rings. The summed E-state index contributed by atoms with van der Waals surface area (Å²) >= 11 is 0. The van der Waals surface area contributed by atoms with Crippen molar-refractivity contribution in [1.29, 1.82) is 0 Å². The van der Waals surface area contributed by atoms with Gasteiger partial charge in [0.25, 0.3) is 5.91 Å². The van der Waals surface area contributed by atoms with Crippen molar-refractivity contribution in [3.05, 3.63) is 107 Å². The minimum Gasteiger partial charge on any atom is -0.326 e. The van der Waals surface area contributed by atoms with Gasteiger partial charge in [-0.1, -0.05) is 42.5 Å².